The van der Waals surface area contributed by atoms with Gasteiger partial charge in [0, 0.05) is 19.3 Å². The predicted molar refractivity (Wildman–Crippen MR) is 352 cm³/mol. The second kappa shape index (κ2) is 67.0. The average Bonchev–Trinajstić information content (AvgIpc) is 3.47. The fourth-order valence-corrected chi connectivity index (χ4v) is 8.19. The molecule has 452 valence electrons. The van der Waals surface area contributed by atoms with Gasteiger partial charge in [-0.25, -0.2) is 0 Å². The topological polar surface area (TPSA) is 78.9 Å². The number of esters is 3. The maximum absolute atomic E-state index is 12.9. The molecule has 0 saturated carbocycles. The lowest BCUT2D eigenvalue weighted by molar-refractivity contribution is -0.166. The molecule has 0 saturated heterocycles. The van der Waals surface area contributed by atoms with Crippen LogP contribution in [0, 0.1) is 0 Å². The first-order valence-corrected chi connectivity index (χ1v) is 32.3. The molecule has 0 N–H and O–H groups in total. The fourth-order valence-electron chi connectivity index (χ4n) is 8.19. The van der Waals surface area contributed by atoms with Crippen molar-refractivity contribution in [3.8, 4) is 0 Å². The third-order valence-corrected chi connectivity index (χ3v) is 12.9. The summed E-state index contributed by atoms with van der Waals surface area (Å²) < 4.78 is 16.8. The summed E-state index contributed by atoms with van der Waals surface area (Å²) in [6.45, 7) is 6.21. The van der Waals surface area contributed by atoms with E-state index in [0.29, 0.717) is 19.3 Å². The van der Waals surface area contributed by atoms with Crippen molar-refractivity contribution < 1.29 is 28.6 Å². The molecule has 0 aliphatic heterocycles. The van der Waals surface area contributed by atoms with E-state index in [1.807, 2.05) is 12.2 Å². The van der Waals surface area contributed by atoms with E-state index in [4.69, 9.17) is 14.2 Å². The summed E-state index contributed by atoms with van der Waals surface area (Å²) in [6, 6.07) is 0. The second-order valence-electron chi connectivity index (χ2n) is 20.5. The number of hydrogen-bond acceptors (Lipinski definition) is 6. The van der Waals surface area contributed by atoms with E-state index in [9.17, 15) is 14.4 Å². The number of carbonyl (C=O) groups excluding carboxylic acids is 3. The van der Waals surface area contributed by atoms with Gasteiger partial charge in [0.2, 0.25) is 0 Å². The molecule has 0 amide bonds. The standard InChI is InChI=1S/C75H116O6/c1-4-7-10-13-16-19-22-25-28-30-32-33-34-35-36-37-38-39-40-41-43-44-47-50-53-56-59-62-65-68-74(77)80-71-72(70-79-73(76)67-64-61-58-55-52-49-46-27-24-21-18-15-12-9-6-3)81-75(78)69-66-63-60-57-54-51-48-45-42-31-29-26-23-20-17-14-11-8-5-2/h7-12,16-21,25-29,32-33,35-36,38-39,42,45-46,51,54,60,63,72H,4-6,13-15,22-24,30-31,34,37,40-41,43-44,47-50,52-53,55-59,61-62,64-71H2,1-3H3/b10-7-,11-8-,12-9-,19-16-,20-17-,21-18-,28-25-,29-26-,33-32-,36-35-,39-38-,45-42-,46-27-,54-51-,63-60-. The summed E-state index contributed by atoms with van der Waals surface area (Å²) in [5.41, 5.74) is 0. The van der Waals surface area contributed by atoms with E-state index >= 15 is 0 Å². The van der Waals surface area contributed by atoms with Crippen LogP contribution in [-0.4, -0.2) is 37.2 Å². The molecule has 0 aliphatic carbocycles. The normalized spacial score (nSPS) is 13.4. The summed E-state index contributed by atoms with van der Waals surface area (Å²) in [7, 11) is 0. The average molecular weight is 1110 g/mol. The van der Waals surface area contributed by atoms with Crippen LogP contribution in [0.25, 0.3) is 0 Å². The highest BCUT2D eigenvalue weighted by Crippen LogP contribution is 2.14. The minimum atomic E-state index is -0.839. The second-order valence-corrected chi connectivity index (χ2v) is 20.5. The molecule has 0 fully saturated rings. The molecule has 0 aromatic carbocycles. The lowest BCUT2D eigenvalue weighted by atomic mass is 10.1. The molecular formula is C75H116O6. The number of rotatable bonds is 56. The van der Waals surface area contributed by atoms with Crippen LogP contribution in [0.3, 0.4) is 0 Å². The first-order valence-electron chi connectivity index (χ1n) is 32.3. The van der Waals surface area contributed by atoms with Crippen molar-refractivity contribution in [2.45, 2.75) is 258 Å². The van der Waals surface area contributed by atoms with Crippen LogP contribution >= 0.6 is 0 Å². The fraction of sp³-hybridized carbons (Fsp3) is 0.560. The molecule has 6 heteroatoms. The highest BCUT2D eigenvalue weighted by atomic mass is 16.6. The van der Waals surface area contributed by atoms with Gasteiger partial charge >= 0.3 is 17.9 Å². The van der Waals surface area contributed by atoms with Gasteiger partial charge in [0.05, 0.1) is 0 Å². The Balaban J connectivity index is 4.46. The SMILES string of the molecule is CC/C=C\C/C=C\C/C=C\C/C=C\C/C=C\C/C=C\CCCCCCCCCCCCC(=O)OCC(COC(=O)CCCCCCC/C=C\C/C=C\C/C=C\CC)OC(=O)CC/C=C\C/C=C\C/C=C\C/C=C\C/C=C\C/C=C\CC. The predicted octanol–water partition coefficient (Wildman–Crippen LogP) is 22.4. The van der Waals surface area contributed by atoms with Gasteiger partial charge in [-0.15, -0.1) is 0 Å². The number of allylic oxidation sites excluding steroid dienone is 30. The summed E-state index contributed by atoms with van der Waals surface area (Å²) in [4.78, 5) is 38.3. The Hall–Kier alpha value is -5.49. The molecule has 0 rings (SSSR count). The van der Waals surface area contributed by atoms with Crippen molar-refractivity contribution in [2.24, 2.45) is 0 Å². The van der Waals surface area contributed by atoms with E-state index in [1.54, 1.807) is 0 Å². The molecule has 1 atom stereocenters. The number of ether oxygens (including phenoxy) is 3. The molecule has 1 unspecified atom stereocenters. The third-order valence-electron chi connectivity index (χ3n) is 12.9. The minimum absolute atomic E-state index is 0.125. The van der Waals surface area contributed by atoms with E-state index in [1.165, 1.54) is 44.9 Å². The van der Waals surface area contributed by atoms with Crippen LogP contribution in [-0.2, 0) is 28.6 Å². The van der Waals surface area contributed by atoms with Crippen LogP contribution in [0.1, 0.15) is 252 Å². The molecule has 0 aromatic rings. The summed E-state index contributed by atoms with van der Waals surface area (Å²) in [5.74, 6) is -1.04. The Morgan fingerprint density at radius 3 is 0.741 bits per heavy atom. The third kappa shape index (κ3) is 65.2. The van der Waals surface area contributed by atoms with Gasteiger partial charge in [-0.05, 0) is 141 Å². The molecule has 81 heavy (non-hydrogen) atoms. The zero-order chi connectivity index (χ0) is 58.5. The Labute approximate surface area is 497 Å². The lowest BCUT2D eigenvalue weighted by Gasteiger charge is -2.18. The Bertz CT molecular complexity index is 1900. The largest absolute Gasteiger partial charge is 0.462 e. The molecule has 0 radical (unpaired) electrons. The van der Waals surface area contributed by atoms with Crippen LogP contribution in [0.2, 0.25) is 0 Å². The number of unbranched alkanes of at least 4 members (excludes halogenated alkanes) is 15. The van der Waals surface area contributed by atoms with E-state index in [2.05, 4.69) is 191 Å². The zero-order valence-corrected chi connectivity index (χ0v) is 51.7. The van der Waals surface area contributed by atoms with E-state index < -0.39 is 12.1 Å². The quantitative estimate of drug-likeness (QED) is 0.0261. The maximum Gasteiger partial charge on any atom is 0.306 e. The van der Waals surface area contributed by atoms with Crippen LogP contribution in [0.4, 0.5) is 0 Å². The number of hydrogen-bond donors (Lipinski definition) is 0. The lowest BCUT2D eigenvalue weighted by Crippen LogP contribution is -2.30. The van der Waals surface area contributed by atoms with Gasteiger partial charge < -0.3 is 14.2 Å². The number of carbonyl (C=O) groups is 3. The van der Waals surface area contributed by atoms with Crippen molar-refractivity contribution in [3.63, 3.8) is 0 Å². The van der Waals surface area contributed by atoms with Gasteiger partial charge in [-0.2, -0.15) is 0 Å². The summed E-state index contributed by atoms with van der Waals surface area (Å²) in [6.07, 6.45) is 101. The van der Waals surface area contributed by atoms with Gasteiger partial charge in [0.25, 0.3) is 0 Å². The van der Waals surface area contributed by atoms with Gasteiger partial charge in [-0.3, -0.25) is 14.4 Å². The highest BCUT2D eigenvalue weighted by Gasteiger charge is 2.19. The monoisotopic (exact) mass is 1110 g/mol. The molecular weight excluding hydrogens is 997 g/mol. The van der Waals surface area contributed by atoms with Crippen LogP contribution < -0.4 is 0 Å². The molecule has 0 heterocycles. The maximum atomic E-state index is 12.9. The Kier molecular flexibility index (Phi) is 62.5. The van der Waals surface area contributed by atoms with Crippen molar-refractivity contribution in [3.05, 3.63) is 182 Å². The minimum Gasteiger partial charge on any atom is -0.462 e. The molecule has 0 aliphatic rings. The first-order chi connectivity index (χ1) is 40.0. The molecule has 0 spiro atoms. The van der Waals surface area contributed by atoms with E-state index in [0.717, 1.165) is 161 Å². The molecule has 6 nitrogen and oxygen atoms in total. The Morgan fingerprint density at radius 1 is 0.247 bits per heavy atom. The Morgan fingerprint density at radius 2 is 0.469 bits per heavy atom. The first kappa shape index (κ1) is 75.5. The van der Waals surface area contributed by atoms with Crippen molar-refractivity contribution in [1.82, 2.24) is 0 Å². The summed E-state index contributed by atoms with van der Waals surface area (Å²) in [5, 5.41) is 0. The smallest absolute Gasteiger partial charge is 0.306 e. The van der Waals surface area contributed by atoms with E-state index in [-0.39, 0.29) is 31.6 Å². The zero-order valence-electron chi connectivity index (χ0n) is 51.7. The van der Waals surface area contributed by atoms with Crippen molar-refractivity contribution >= 4 is 17.9 Å². The van der Waals surface area contributed by atoms with Gasteiger partial charge in [0.1, 0.15) is 13.2 Å². The highest BCUT2D eigenvalue weighted by molar-refractivity contribution is 5.71. The molecule has 0 bridgehead atoms. The summed E-state index contributed by atoms with van der Waals surface area (Å²) >= 11 is 0. The molecule has 0 aromatic heterocycles. The van der Waals surface area contributed by atoms with Crippen LogP contribution in [0.5, 0.6) is 0 Å². The van der Waals surface area contributed by atoms with Crippen molar-refractivity contribution in [1.29, 1.82) is 0 Å². The van der Waals surface area contributed by atoms with Gasteiger partial charge in [-0.1, -0.05) is 274 Å². The van der Waals surface area contributed by atoms with Crippen molar-refractivity contribution in [2.75, 3.05) is 13.2 Å². The van der Waals surface area contributed by atoms with Gasteiger partial charge in [0.15, 0.2) is 6.10 Å². The van der Waals surface area contributed by atoms with Crippen LogP contribution in [0.15, 0.2) is 182 Å².